The summed E-state index contributed by atoms with van der Waals surface area (Å²) in [6, 6.07) is 8.84. The van der Waals surface area contributed by atoms with E-state index in [0.717, 1.165) is 64.6 Å². The van der Waals surface area contributed by atoms with Gasteiger partial charge in [0.15, 0.2) is 5.96 Å². The monoisotopic (exact) mass is 445 g/mol. The summed E-state index contributed by atoms with van der Waals surface area (Å²) in [6.45, 7) is 9.63. The Bertz CT molecular complexity index is 737. The maximum Gasteiger partial charge on any atom is 0.251 e. The van der Waals surface area contributed by atoms with E-state index in [2.05, 4.69) is 46.3 Å². The number of piperazine rings is 1. The first kappa shape index (κ1) is 22.3. The van der Waals surface area contributed by atoms with Gasteiger partial charge in [0.2, 0.25) is 0 Å². The van der Waals surface area contributed by atoms with Crippen molar-refractivity contribution in [1.29, 1.82) is 0 Å². The first-order valence-electron chi connectivity index (χ1n) is 11.6. The first-order chi connectivity index (χ1) is 15.2. The van der Waals surface area contributed by atoms with Crippen LogP contribution >= 0.6 is 11.8 Å². The molecular weight excluding hydrogens is 410 g/mol. The van der Waals surface area contributed by atoms with Crippen LogP contribution in [0.25, 0.3) is 0 Å². The summed E-state index contributed by atoms with van der Waals surface area (Å²) in [5, 5.41) is 3.42. The highest BCUT2D eigenvalue weighted by molar-refractivity contribution is 7.99. The maximum atomic E-state index is 12.6. The molecule has 1 aromatic rings. The van der Waals surface area contributed by atoms with E-state index in [-0.39, 0.29) is 12.0 Å². The molecule has 1 unspecified atom stereocenters. The van der Waals surface area contributed by atoms with Crippen molar-refractivity contribution >= 4 is 29.3 Å². The normalized spacial score (nSPS) is 22.7. The fourth-order valence-electron chi connectivity index (χ4n) is 4.34. The van der Waals surface area contributed by atoms with E-state index >= 15 is 0 Å². The number of aliphatic imine (C=N–C) groups is 1. The fourth-order valence-corrected chi connectivity index (χ4v) is 5.24. The molecule has 0 spiro atoms. The number of guanidine groups is 1. The van der Waals surface area contributed by atoms with Gasteiger partial charge >= 0.3 is 0 Å². The molecule has 31 heavy (non-hydrogen) atoms. The van der Waals surface area contributed by atoms with E-state index in [0.29, 0.717) is 13.2 Å². The van der Waals surface area contributed by atoms with Crippen molar-refractivity contribution in [3.8, 4) is 0 Å². The van der Waals surface area contributed by atoms with Gasteiger partial charge in [-0.15, -0.1) is 0 Å². The standard InChI is InChI=1S/C23H35N5O2S/c1-2-24-23(28-11-9-27(10-12-28)22(29)21-4-3-15-30-21)25-18-19-5-7-20(8-6-19)26-13-16-31-17-14-26/h5-8,21H,2-4,9-18H2,1H3,(H,24,25). The number of thioether (sulfide) groups is 1. The highest BCUT2D eigenvalue weighted by Gasteiger charge is 2.30. The molecule has 0 aromatic heterocycles. The predicted molar refractivity (Wildman–Crippen MR) is 128 cm³/mol. The average molecular weight is 446 g/mol. The summed E-state index contributed by atoms with van der Waals surface area (Å²) in [5.41, 5.74) is 2.53. The number of carbonyl (C=O) groups excluding carboxylic acids is 1. The zero-order valence-electron chi connectivity index (χ0n) is 18.6. The number of hydrogen-bond donors (Lipinski definition) is 1. The minimum absolute atomic E-state index is 0.159. The molecule has 1 aromatic carbocycles. The molecule has 3 heterocycles. The van der Waals surface area contributed by atoms with Crippen molar-refractivity contribution in [3.63, 3.8) is 0 Å². The Morgan fingerprint density at radius 3 is 2.45 bits per heavy atom. The van der Waals surface area contributed by atoms with Crippen LogP contribution in [0, 0.1) is 0 Å². The Balaban J connectivity index is 1.31. The van der Waals surface area contributed by atoms with Gasteiger partial charge in [-0.2, -0.15) is 11.8 Å². The Labute approximate surface area is 190 Å². The number of nitrogens with zero attached hydrogens (tertiary/aromatic N) is 4. The molecule has 3 saturated heterocycles. The van der Waals surface area contributed by atoms with Gasteiger partial charge in [0.1, 0.15) is 6.10 Å². The molecular formula is C23H35N5O2S. The van der Waals surface area contributed by atoms with E-state index in [9.17, 15) is 4.79 Å². The molecule has 3 aliphatic heterocycles. The number of rotatable bonds is 5. The lowest BCUT2D eigenvalue weighted by molar-refractivity contribution is -0.142. The van der Waals surface area contributed by atoms with E-state index in [1.807, 2.05) is 16.7 Å². The molecule has 1 amide bonds. The number of anilines is 1. The van der Waals surface area contributed by atoms with E-state index in [1.54, 1.807) is 0 Å². The second kappa shape index (κ2) is 11.1. The van der Waals surface area contributed by atoms with Crippen LogP contribution in [0.5, 0.6) is 0 Å². The SMILES string of the molecule is CCNC(=NCc1ccc(N2CCSCC2)cc1)N1CCN(C(=O)C2CCCO2)CC1. The third-order valence-electron chi connectivity index (χ3n) is 6.15. The minimum Gasteiger partial charge on any atom is -0.370 e. The average Bonchev–Trinajstić information content (AvgIpc) is 3.37. The van der Waals surface area contributed by atoms with Crippen LogP contribution in [-0.2, 0) is 16.1 Å². The number of ether oxygens (including phenoxy) is 1. The third kappa shape index (κ3) is 5.86. The van der Waals surface area contributed by atoms with Crippen LogP contribution in [0.1, 0.15) is 25.3 Å². The van der Waals surface area contributed by atoms with Gasteiger partial charge in [-0.1, -0.05) is 12.1 Å². The number of benzene rings is 1. The smallest absolute Gasteiger partial charge is 0.251 e. The lowest BCUT2D eigenvalue weighted by Gasteiger charge is -2.37. The van der Waals surface area contributed by atoms with Gasteiger partial charge in [0.05, 0.1) is 6.54 Å². The Kier molecular flexibility index (Phi) is 7.97. The molecule has 0 radical (unpaired) electrons. The largest absolute Gasteiger partial charge is 0.370 e. The molecule has 170 valence electrons. The zero-order valence-corrected chi connectivity index (χ0v) is 19.4. The van der Waals surface area contributed by atoms with Gasteiger partial charge in [-0.3, -0.25) is 4.79 Å². The molecule has 3 fully saturated rings. The molecule has 0 aliphatic carbocycles. The molecule has 7 nitrogen and oxygen atoms in total. The second-order valence-electron chi connectivity index (χ2n) is 8.25. The Morgan fingerprint density at radius 1 is 1.10 bits per heavy atom. The van der Waals surface area contributed by atoms with Crippen molar-refractivity contribution in [2.24, 2.45) is 4.99 Å². The van der Waals surface area contributed by atoms with Crippen LogP contribution < -0.4 is 10.2 Å². The van der Waals surface area contributed by atoms with Gasteiger partial charge in [-0.25, -0.2) is 4.99 Å². The lowest BCUT2D eigenvalue weighted by atomic mass is 10.2. The molecule has 4 rings (SSSR count). The number of carbonyl (C=O) groups is 1. The minimum atomic E-state index is -0.222. The van der Waals surface area contributed by atoms with Crippen molar-refractivity contribution in [2.45, 2.75) is 32.4 Å². The van der Waals surface area contributed by atoms with Crippen LogP contribution in [0.15, 0.2) is 29.3 Å². The fraction of sp³-hybridized carbons (Fsp3) is 0.652. The number of amides is 1. The maximum absolute atomic E-state index is 12.6. The number of hydrogen-bond acceptors (Lipinski definition) is 5. The highest BCUT2D eigenvalue weighted by Crippen LogP contribution is 2.20. The molecule has 0 bridgehead atoms. The van der Waals surface area contributed by atoms with Crippen molar-refractivity contribution in [1.82, 2.24) is 15.1 Å². The quantitative estimate of drug-likeness (QED) is 0.553. The van der Waals surface area contributed by atoms with E-state index in [4.69, 9.17) is 9.73 Å². The summed E-state index contributed by atoms with van der Waals surface area (Å²) in [6.07, 6.45) is 1.63. The number of nitrogens with one attached hydrogen (secondary N) is 1. The van der Waals surface area contributed by atoms with Crippen LogP contribution in [0.4, 0.5) is 5.69 Å². The van der Waals surface area contributed by atoms with Crippen LogP contribution in [0.2, 0.25) is 0 Å². The van der Waals surface area contributed by atoms with Crippen molar-refractivity contribution in [3.05, 3.63) is 29.8 Å². The van der Waals surface area contributed by atoms with Crippen LogP contribution in [-0.4, -0.2) is 91.7 Å². The molecule has 1 N–H and O–H groups in total. The first-order valence-corrected chi connectivity index (χ1v) is 12.8. The summed E-state index contributed by atoms with van der Waals surface area (Å²) < 4.78 is 5.57. The van der Waals surface area contributed by atoms with Gasteiger partial charge < -0.3 is 24.8 Å². The highest BCUT2D eigenvalue weighted by atomic mass is 32.2. The van der Waals surface area contributed by atoms with Crippen LogP contribution in [0.3, 0.4) is 0 Å². The Morgan fingerprint density at radius 2 is 1.81 bits per heavy atom. The summed E-state index contributed by atoms with van der Waals surface area (Å²) in [5.74, 6) is 3.52. The van der Waals surface area contributed by atoms with E-state index in [1.165, 1.54) is 22.8 Å². The summed E-state index contributed by atoms with van der Waals surface area (Å²) in [7, 11) is 0. The lowest BCUT2D eigenvalue weighted by Crippen LogP contribution is -2.55. The molecule has 3 aliphatic rings. The molecule has 8 heteroatoms. The van der Waals surface area contributed by atoms with Crippen molar-refractivity contribution in [2.75, 3.05) is 68.8 Å². The van der Waals surface area contributed by atoms with E-state index < -0.39 is 0 Å². The third-order valence-corrected chi connectivity index (χ3v) is 7.10. The van der Waals surface area contributed by atoms with Gasteiger partial charge in [-0.05, 0) is 37.5 Å². The van der Waals surface area contributed by atoms with Gasteiger partial charge in [0, 0.05) is 69.6 Å². The molecule has 0 saturated carbocycles. The Hall–Kier alpha value is -1.93. The second-order valence-corrected chi connectivity index (χ2v) is 9.47. The van der Waals surface area contributed by atoms with Gasteiger partial charge in [0.25, 0.3) is 5.91 Å². The summed E-state index contributed by atoms with van der Waals surface area (Å²) in [4.78, 5) is 24.2. The summed E-state index contributed by atoms with van der Waals surface area (Å²) >= 11 is 2.03. The predicted octanol–water partition coefficient (Wildman–Crippen LogP) is 2.03. The zero-order chi connectivity index (χ0) is 21.5. The van der Waals surface area contributed by atoms with Crippen molar-refractivity contribution < 1.29 is 9.53 Å². The molecule has 1 atom stereocenters. The topological polar surface area (TPSA) is 60.4 Å².